The molecule has 0 unspecified atom stereocenters. The number of esters is 1. The van der Waals surface area contributed by atoms with Gasteiger partial charge in [0.15, 0.2) is 0 Å². The van der Waals surface area contributed by atoms with E-state index >= 15 is 0 Å². The highest BCUT2D eigenvalue weighted by molar-refractivity contribution is 6.01. The lowest BCUT2D eigenvalue weighted by Gasteiger charge is -2.10. The maximum atomic E-state index is 12.2. The van der Waals surface area contributed by atoms with E-state index in [4.69, 9.17) is 4.74 Å². The molecule has 0 saturated carbocycles. The third kappa shape index (κ3) is 4.88. The fraction of sp³-hybridized carbons (Fsp3) is 0.111. The number of carbonyl (C=O) groups is 2. The molecule has 0 heterocycles. The van der Waals surface area contributed by atoms with Gasteiger partial charge in [-0.25, -0.2) is 4.79 Å². The zero-order chi connectivity index (χ0) is 17.4. The van der Waals surface area contributed by atoms with Crippen LogP contribution in [0.3, 0.4) is 0 Å². The number of nitrogens with one attached hydrogen (secondary N) is 2. The molecule has 6 nitrogen and oxygen atoms in total. The van der Waals surface area contributed by atoms with Gasteiger partial charge < -0.3 is 20.5 Å². The highest BCUT2D eigenvalue weighted by atomic mass is 16.5. The summed E-state index contributed by atoms with van der Waals surface area (Å²) in [5.41, 5.74) is 1.06. The average molecular weight is 326 g/mol. The van der Waals surface area contributed by atoms with Gasteiger partial charge in [0.05, 0.1) is 6.61 Å². The SMILES string of the molecule is CCOC(=O)/C(=C\Nc1ccc(O)cc1)NC(=O)c1ccccc1. The summed E-state index contributed by atoms with van der Waals surface area (Å²) in [6, 6.07) is 14.8. The first-order valence-corrected chi connectivity index (χ1v) is 7.39. The molecule has 0 spiro atoms. The first-order valence-electron chi connectivity index (χ1n) is 7.39. The van der Waals surface area contributed by atoms with Crippen molar-refractivity contribution >= 4 is 17.6 Å². The molecule has 0 bridgehead atoms. The van der Waals surface area contributed by atoms with E-state index in [2.05, 4.69) is 10.6 Å². The maximum absolute atomic E-state index is 12.2. The van der Waals surface area contributed by atoms with Gasteiger partial charge in [-0.15, -0.1) is 0 Å². The maximum Gasteiger partial charge on any atom is 0.356 e. The monoisotopic (exact) mass is 326 g/mol. The predicted molar refractivity (Wildman–Crippen MR) is 90.4 cm³/mol. The summed E-state index contributed by atoms with van der Waals surface area (Å²) in [5, 5.41) is 14.7. The van der Waals surface area contributed by atoms with Crippen molar-refractivity contribution in [3.8, 4) is 5.75 Å². The Kier molecular flexibility index (Phi) is 5.96. The second-order valence-electron chi connectivity index (χ2n) is 4.79. The lowest BCUT2D eigenvalue weighted by molar-refractivity contribution is -0.138. The molecule has 0 radical (unpaired) electrons. The van der Waals surface area contributed by atoms with E-state index in [9.17, 15) is 14.7 Å². The van der Waals surface area contributed by atoms with E-state index in [1.807, 2.05) is 0 Å². The van der Waals surface area contributed by atoms with Crippen molar-refractivity contribution in [1.82, 2.24) is 5.32 Å². The zero-order valence-corrected chi connectivity index (χ0v) is 13.2. The summed E-state index contributed by atoms with van der Waals surface area (Å²) in [6.45, 7) is 1.87. The minimum absolute atomic E-state index is 0.0150. The van der Waals surface area contributed by atoms with E-state index in [0.29, 0.717) is 11.3 Å². The van der Waals surface area contributed by atoms with Crippen molar-refractivity contribution in [1.29, 1.82) is 0 Å². The van der Waals surface area contributed by atoms with Crippen LogP contribution in [0.25, 0.3) is 0 Å². The van der Waals surface area contributed by atoms with Crippen LogP contribution in [-0.2, 0) is 9.53 Å². The fourth-order valence-electron chi connectivity index (χ4n) is 1.85. The number of rotatable bonds is 6. The van der Waals surface area contributed by atoms with Crippen LogP contribution < -0.4 is 10.6 Å². The summed E-state index contributed by atoms with van der Waals surface area (Å²) in [6.07, 6.45) is 1.35. The number of benzene rings is 2. The molecule has 2 rings (SSSR count). The molecule has 0 atom stereocenters. The zero-order valence-electron chi connectivity index (χ0n) is 13.2. The number of aromatic hydroxyl groups is 1. The van der Waals surface area contributed by atoms with Crippen LogP contribution in [0.5, 0.6) is 5.75 Å². The van der Waals surface area contributed by atoms with Gasteiger partial charge in [0.1, 0.15) is 11.4 Å². The predicted octanol–water partition coefficient (Wildman–Crippen LogP) is 2.64. The summed E-state index contributed by atoms with van der Waals surface area (Å²) >= 11 is 0. The molecule has 0 aromatic heterocycles. The van der Waals surface area contributed by atoms with Crippen LogP contribution in [0.2, 0.25) is 0 Å². The molecule has 1 amide bonds. The van der Waals surface area contributed by atoms with Gasteiger partial charge in [0.2, 0.25) is 0 Å². The Hall–Kier alpha value is -3.28. The standard InChI is InChI=1S/C18H18N2O4/c1-2-24-18(23)16(12-19-14-8-10-15(21)11-9-14)20-17(22)13-6-4-3-5-7-13/h3-12,19,21H,2H2,1H3,(H,20,22)/b16-12+. The lowest BCUT2D eigenvalue weighted by atomic mass is 10.2. The minimum atomic E-state index is -0.645. The molecule has 2 aromatic carbocycles. The van der Waals surface area contributed by atoms with Gasteiger partial charge in [-0.1, -0.05) is 18.2 Å². The van der Waals surface area contributed by atoms with Crippen LogP contribution in [0, 0.1) is 0 Å². The van der Waals surface area contributed by atoms with Crippen molar-refractivity contribution in [2.45, 2.75) is 6.92 Å². The Bertz CT molecular complexity index is 724. The second-order valence-corrected chi connectivity index (χ2v) is 4.79. The van der Waals surface area contributed by atoms with Gasteiger partial charge in [0, 0.05) is 17.5 Å². The number of phenols is 1. The van der Waals surface area contributed by atoms with Crippen molar-refractivity contribution in [3.63, 3.8) is 0 Å². The summed E-state index contributed by atoms with van der Waals surface area (Å²) in [4.78, 5) is 24.2. The van der Waals surface area contributed by atoms with Crippen molar-refractivity contribution < 1.29 is 19.4 Å². The van der Waals surface area contributed by atoms with Crippen LogP contribution in [0.4, 0.5) is 5.69 Å². The molecule has 0 aliphatic heterocycles. The summed E-state index contributed by atoms with van der Waals surface area (Å²) in [7, 11) is 0. The summed E-state index contributed by atoms with van der Waals surface area (Å²) < 4.78 is 4.95. The average Bonchev–Trinajstić information content (AvgIpc) is 2.60. The first-order chi connectivity index (χ1) is 11.6. The van der Waals surface area contributed by atoms with Gasteiger partial charge >= 0.3 is 5.97 Å². The Labute approximate surface area is 139 Å². The molecule has 3 N–H and O–H groups in total. The summed E-state index contributed by atoms with van der Waals surface area (Å²) in [5.74, 6) is -0.928. The topological polar surface area (TPSA) is 87.7 Å². The molecule has 2 aromatic rings. The number of amides is 1. The number of hydrogen-bond donors (Lipinski definition) is 3. The smallest absolute Gasteiger partial charge is 0.356 e. The van der Waals surface area contributed by atoms with Crippen LogP contribution >= 0.6 is 0 Å². The Morgan fingerprint density at radius 2 is 1.75 bits per heavy atom. The molecule has 0 fully saturated rings. The first kappa shape index (κ1) is 17.1. The van der Waals surface area contributed by atoms with E-state index in [1.54, 1.807) is 49.4 Å². The van der Waals surface area contributed by atoms with E-state index < -0.39 is 11.9 Å². The molecule has 124 valence electrons. The minimum Gasteiger partial charge on any atom is -0.508 e. The fourth-order valence-corrected chi connectivity index (χ4v) is 1.85. The Morgan fingerprint density at radius 3 is 2.38 bits per heavy atom. The van der Waals surface area contributed by atoms with Crippen molar-refractivity contribution in [2.75, 3.05) is 11.9 Å². The van der Waals surface area contributed by atoms with E-state index in [-0.39, 0.29) is 18.1 Å². The molecule has 0 saturated heterocycles. The highest BCUT2D eigenvalue weighted by Crippen LogP contribution is 2.14. The molecule has 0 aliphatic rings. The van der Waals surface area contributed by atoms with E-state index in [0.717, 1.165) is 0 Å². The normalized spacial score (nSPS) is 10.8. The third-order valence-corrected chi connectivity index (χ3v) is 3.03. The highest BCUT2D eigenvalue weighted by Gasteiger charge is 2.15. The number of hydrogen-bond acceptors (Lipinski definition) is 5. The van der Waals surface area contributed by atoms with Crippen LogP contribution in [0.1, 0.15) is 17.3 Å². The van der Waals surface area contributed by atoms with Crippen molar-refractivity contribution in [2.24, 2.45) is 0 Å². The Balaban J connectivity index is 2.14. The molecule has 6 heteroatoms. The molecule has 24 heavy (non-hydrogen) atoms. The number of ether oxygens (including phenoxy) is 1. The van der Waals surface area contributed by atoms with Gasteiger partial charge in [-0.2, -0.15) is 0 Å². The van der Waals surface area contributed by atoms with Crippen LogP contribution in [-0.4, -0.2) is 23.6 Å². The van der Waals surface area contributed by atoms with Gasteiger partial charge in [-0.3, -0.25) is 4.79 Å². The van der Waals surface area contributed by atoms with Gasteiger partial charge in [0.25, 0.3) is 5.91 Å². The molecular formula is C18H18N2O4. The third-order valence-electron chi connectivity index (χ3n) is 3.03. The largest absolute Gasteiger partial charge is 0.508 e. The number of anilines is 1. The molecular weight excluding hydrogens is 308 g/mol. The lowest BCUT2D eigenvalue weighted by Crippen LogP contribution is -2.29. The van der Waals surface area contributed by atoms with Crippen molar-refractivity contribution in [3.05, 3.63) is 72.1 Å². The molecule has 0 aliphatic carbocycles. The second kappa shape index (κ2) is 8.38. The number of phenolic OH excluding ortho intramolecular Hbond substituents is 1. The quantitative estimate of drug-likeness (QED) is 0.431. The van der Waals surface area contributed by atoms with Gasteiger partial charge in [-0.05, 0) is 43.3 Å². The number of carbonyl (C=O) groups excluding carboxylic acids is 2. The van der Waals surface area contributed by atoms with Crippen LogP contribution in [0.15, 0.2) is 66.5 Å². The Morgan fingerprint density at radius 1 is 1.08 bits per heavy atom. The van der Waals surface area contributed by atoms with E-state index in [1.165, 1.54) is 18.3 Å².